The third kappa shape index (κ3) is 5.88. The molecule has 0 amide bonds. The Kier molecular flexibility index (Phi) is 6.53. The molecule has 0 bridgehead atoms. The third-order valence-corrected chi connectivity index (χ3v) is 5.74. The van der Waals surface area contributed by atoms with Crippen molar-refractivity contribution in [2.24, 2.45) is 0 Å². The molecule has 2 nitrogen and oxygen atoms in total. The summed E-state index contributed by atoms with van der Waals surface area (Å²) in [4.78, 5) is 7.17. The number of anilines is 2. The highest BCUT2D eigenvalue weighted by Crippen LogP contribution is 2.19. The van der Waals surface area contributed by atoms with Crippen LogP contribution in [0.5, 0.6) is 0 Å². The van der Waals surface area contributed by atoms with Gasteiger partial charge in [-0.3, -0.25) is 0 Å². The van der Waals surface area contributed by atoms with E-state index in [1.54, 1.807) is 0 Å². The first-order chi connectivity index (χ1) is 8.59. The zero-order chi connectivity index (χ0) is 13.4. The molecule has 2 N–H and O–H groups in total. The zero-order valence-corrected chi connectivity index (χ0v) is 14.7. The van der Waals surface area contributed by atoms with E-state index in [4.69, 9.17) is 0 Å². The molecule has 4 heteroatoms. The lowest BCUT2D eigenvalue weighted by Gasteiger charge is -2.12. The summed E-state index contributed by atoms with van der Waals surface area (Å²) >= 11 is 0. The number of allylic oxidation sites excluding steroid dienone is 2. The van der Waals surface area contributed by atoms with Crippen LogP contribution in [0, 0.1) is 0 Å². The molecule has 0 aliphatic carbocycles. The highest BCUT2D eigenvalue weighted by molar-refractivity contribution is 6.49. The molecule has 0 fully saturated rings. The second-order valence-corrected chi connectivity index (χ2v) is 7.21. The fourth-order valence-corrected chi connectivity index (χ4v) is 3.60. The van der Waals surface area contributed by atoms with Crippen molar-refractivity contribution in [3.8, 4) is 0 Å². The number of rotatable bonds is 6. The Morgan fingerprint density at radius 2 is 1.22 bits per heavy atom. The Hall–Kier alpha value is -1.27. The van der Waals surface area contributed by atoms with Crippen LogP contribution < -0.4 is 9.96 Å². The molecule has 18 heavy (non-hydrogen) atoms. The summed E-state index contributed by atoms with van der Waals surface area (Å²) in [5.41, 5.74) is 9.97. The van der Waals surface area contributed by atoms with Gasteiger partial charge in [-0.15, -0.1) is 0 Å². The van der Waals surface area contributed by atoms with Crippen LogP contribution >= 0.6 is 0 Å². The van der Waals surface area contributed by atoms with Gasteiger partial charge in [0, 0.05) is 11.4 Å². The first-order valence-corrected chi connectivity index (χ1v) is 9.48. The fraction of sp³-hybridized carbons (Fsp3) is 0.286. The third-order valence-electron chi connectivity index (χ3n) is 2.53. The van der Waals surface area contributed by atoms with E-state index >= 15 is 0 Å². The van der Waals surface area contributed by atoms with Crippen LogP contribution in [0.4, 0.5) is 11.4 Å². The molecular formula is C14H24N2Si2. The van der Waals surface area contributed by atoms with Gasteiger partial charge in [0.2, 0.25) is 0 Å². The average molecular weight is 277 g/mol. The Balaban J connectivity index is 2.61. The van der Waals surface area contributed by atoms with Crippen molar-refractivity contribution < 1.29 is 0 Å². The summed E-state index contributed by atoms with van der Waals surface area (Å²) in [5.74, 6) is 0. The van der Waals surface area contributed by atoms with Crippen LogP contribution in [0.3, 0.4) is 0 Å². The van der Waals surface area contributed by atoms with Gasteiger partial charge >= 0.3 is 0 Å². The van der Waals surface area contributed by atoms with E-state index in [0.717, 1.165) is 0 Å². The average Bonchev–Trinajstić information content (AvgIpc) is 2.30. The van der Waals surface area contributed by atoms with E-state index in [9.17, 15) is 0 Å². The molecule has 98 valence electrons. The van der Waals surface area contributed by atoms with E-state index < -0.39 is 0 Å². The van der Waals surface area contributed by atoms with Gasteiger partial charge < -0.3 is 9.96 Å². The summed E-state index contributed by atoms with van der Waals surface area (Å²) in [6, 6.07) is 8.50. The van der Waals surface area contributed by atoms with E-state index in [1.807, 2.05) is 0 Å². The lowest BCUT2D eigenvalue weighted by molar-refractivity contribution is 1.41. The summed E-state index contributed by atoms with van der Waals surface area (Å²) in [7, 11) is -0.694. The quantitative estimate of drug-likeness (QED) is 0.780. The summed E-state index contributed by atoms with van der Waals surface area (Å²) in [6.45, 7) is 8.61. The van der Waals surface area contributed by atoms with Gasteiger partial charge in [0.15, 0.2) is 0 Å². The van der Waals surface area contributed by atoms with Crippen molar-refractivity contribution in [2.45, 2.75) is 27.7 Å². The minimum atomic E-state index is -0.347. The summed E-state index contributed by atoms with van der Waals surface area (Å²) in [5, 5.41) is 0. The maximum absolute atomic E-state index is 3.58. The van der Waals surface area contributed by atoms with Crippen LogP contribution in [-0.4, -0.2) is 19.4 Å². The van der Waals surface area contributed by atoms with Crippen LogP contribution in [-0.2, 0) is 0 Å². The molecule has 1 aromatic carbocycles. The van der Waals surface area contributed by atoms with Crippen molar-refractivity contribution in [1.29, 1.82) is 0 Å². The lowest BCUT2D eigenvalue weighted by Crippen LogP contribution is -2.09. The molecule has 1 rings (SSSR count). The Labute approximate surface area is 115 Å². The van der Waals surface area contributed by atoms with E-state index in [2.05, 4.69) is 73.3 Å². The SMILES string of the molecule is CC(C)=C[SiH2]Nc1ccccc1N[SiH2]C=C(C)C. The number of nitrogens with one attached hydrogen (secondary N) is 2. The van der Waals surface area contributed by atoms with Crippen molar-refractivity contribution in [3.63, 3.8) is 0 Å². The molecule has 0 unspecified atom stereocenters. The Morgan fingerprint density at radius 3 is 1.56 bits per heavy atom. The lowest BCUT2D eigenvalue weighted by atomic mass is 10.3. The first-order valence-electron chi connectivity index (χ1n) is 6.43. The molecule has 1 aromatic rings. The molecular weight excluding hydrogens is 252 g/mol. The molecule has 0 aliphatic rings. The highest BCUT2D eigenvalue weighted by Gasteiger charge is 1.98. The summed E-state index contributed by atoms with van der Waals surface area (Å²) in [6.07, 6.45) is 0. The second kappa shape index (κ2) is 7.95. The Morgan fingerprint density at radius 1 is 0.833 bits per heavy atom. The predicted molar refractivity (Wildman–Crippen MR) is 89.6 cm³/mol. The molecule has 0 heterocycles. The minimum absolute atomic E-state index is 0.347. The normalized spacial score (nSPS) is 10.9. The smallest absolute Gasteiger partial charge is 0.145 e. The molecule has 0 spiro atoms. The second-order valence-electron chi connectivity index (χ2n) is 4.87. The van der Waals surface area contributed by atoms with Crippen molar-refractivity contribution in [2.75, 3.05) is 9.96 Å². The first kappa shape index (κ1) is 14.8. The molecule has 0 saturated carbocycles. The van der Waals surface area contributed by atoms with E-state index in [-0.39, 0.29) is 19.4 Å². The minimum Gasteiger partial charge on any atom is -0.411 e. The van der Waals surface area contributed by atoms with Gasteiger partial charge in [-0.1, -0.05) is 34.7 Å². The Bertz CT molecular complexity index is 390. The highest BCUT2D eigenvalue weighted by atomic mass is 28.2. The maximum atomic E-state index is 3.58. The molecule has 0 radical (unpaired) electrons. The molecule has 0 aromatic heterocycles. The van der Waals surface area contributed by atoms with Crippen molar-refractivity contribution >= 4 is 30.7 Å². The van der Waals surface area contributed by atoms with Gasteiger partial charge in [0.1, 0.15) is 19.4 Å². The van der Waals surface area contributed by atoms with Crippen molar-refractivity contribution in [3.05, 3.63) is 46.8 Å². The van der Waals surface area contributed by atoms with Crippen LogP contribution in [0.25, 0.3) is 0 Å². The van der Waals surface area contributed by atoms with Crippen LogP contribution in [0.1, 0.15) is 27.7 Å². The number of hydrogen-bond donors (Lipinski definition) is 2. The monoisotopic (exact) mass is 276 g/mol. The molecule has 0 atom stereocenters. The van der Waals surface area contributed by atoms with Crippen LogP contribution in [0.2, 0.25) is 0 Å². The van der Waals surface area contributed by atoms with Gasteiger partial charge in [-0.05, 0) is 39.8 Å². The van der Waals surface area contributed by atoms with Gasteiger partial charge in [-0.2, -0.15) is 0 Å². The van der Waals surface area contributed by atoms with Crippen molar-refractivity contribution in [1.82, 2.24) is 0 Å². The standard InChI is InChI=1S/C14H24N2Si2/c1-11(2)9-17-15-13-7-5-6-8-14(13)16-18-10-12(3)4/h5-10,15-16H,17-18H2,1-4H3. The zero-order valence-electron chi connectivity index (χ0n) is 11.9. The topological polar surface area (TPSA) is 24.1 Å². The van der Waals surface area contributed by atoms with E-state index in [1.165, 1.54) is 22.5 Å². The molecule has 0 saturated heterocycles. The fourth-order valence-electron chi connectivity index (χ4n) is 1.52. The maximum Gasteiger partial charge on any atom is 0.145 e. The molecule has 0 aliphatic heterocycles. The van der Waals surface area contributed by atoms with Crippen LogP contribution in [0.15, 0.2) is 46.8 Å². The number of para-hydroxylation sites is 2. The number of hydrogen-bond acceptors (Lipinski definition) is 2. The largest absolute Gasteiger partial charge is 0.411 e. The van der Waals surface area contributed by atoms with Gasteiger partial charge in [-0.25, -0.2) is 0 Å². The predicted octanol–water partition coefficient (Wildman–Crippen LogP) is 2.53. The number of benzene rings is 1. The van der Waals surface area contributed by atoms with Gasteiger partial charge in [0.25, 0.3) is 0 Å². The van der Waals surface area contributed by atoms with E-state index in [0.29, 0.717) is 0 Å². The summed E-state index contributed by atoms with van der Waals surface area (Å²) < 4.78 is 0. The van der Waals surface area contributed by atoms with Gasteiger partial charge in [0.05, 0.1) is 0 Å².